The Hall–Kier alpha value is -1.09. The zero-order valence-corrected chi connectivity index (χ0v) is 13.4. The summed E-state index contributed by atoms with van der Waals surface area (Å²) in [6.07, 6.45) is 1.63. The molecule has 21 heavy (non-hydrogen) atoms. The number of likely N-dealkylation sites (N-methyl/N-ethyl adjacent to an activating group) is 1. The van der Waals surface area contributed by atoms with Crippen molar-refractivity contribution in [2.75, 3.05) is 6.54 Å². The second-order valence-corrected chi connectivity index (χ2v) is 5.87. The molecule has 1 N–H and O–H groups in total. The smallest absolute Gasteiger partial charge is 0.124 e. The van der Waals surface area contributed by atoms with E-state index < -0.39 is 0 Å². The lowest BCUT2D eigenvalue weighted by Crippen LogP contribution is -2.33. The minimum atomic E-state index is -0.304. The zero-order valence-electron chi connectivity index (χ0n) is 11.9. The van der Waals surface area contributed by atoms with Gasteiger partial charge in [-0.15, -0.1) is 0 Å². The van der Waals surface area contributed by atoms with Crippen LogP contribution >= 0.6 is 23.2 Å². The van der Waals surface area contributed by atoms with E-state index in [1.807, 2.05) is 24.3 Å². The highest BCUT2D eigenvalue weighted by Crippen LogP contribution is 2.20. The lowest BCUT2D eigenvalue weighted by molar-refractivity contribution is 0.521. The van der Waals surface area contributed by atoms with Crippen molar-refractivity contribution < 1.29 is 4.39 Å². The number of benzene rings is 2. The Balaban J connectivity index is 2.09. The lowest BCUT2D eigenvalue weighted by Gasteiger charge is -2.19. The highest BCUT2D eigenvalue weighted by molar-refractivity contribution is 6.31. The van der Waals surface area contributed by atoms with Crippen molar-refractivity contribution >= 4 is 23.2 Å². The van der Waals surface area contributed by atoms with Crippen LogP contribution in [0, 0.1) is 5.82 Å². The minimum Gasteiger partial charge on any atom is -0.314 e. The van der Waals surface area contributed by atoms with Crippen molar-refractivity contribution in [2.45, 2.75) is 25.8 Å². The van der Waals surface area contributed by atoms with Gasteiger partial charge in [-0.3, -0.25) is 0 Å². The fourth-order valence-electron chi connectivity index (χ4n) is 2.36. The van der Waals surface area contributed by atoms with Crippen molar-refractivity contribution in [3.63, 3.8) is 0 Å². The van der Waals surface area contributed by atoms with Gasteiger partial charge in [0.25, 0.3) is 0 Å². The minimum absolute atomic E-state index is 0.249. The predicted octanol–water partition coefficient (Wildman–Crippen LogP) is 4.90. The third kappa shape index (κ3) is 4.99. The Morgan fingerprint density at radius 2 is 1.76 bits per heavy atom. The molecule has 2 rings (SSSR count). The maximum Gasteiger partial charge on any atom is 0.124 e. The molecule has 0 spiro atoms. The molecule has 1 nitrogen and oxygen atoms in total. The fourth-order valence-corrected chi connectivity index (χ4v) is 2.73. The molecule has 2 aromatic carbocycles. The summed E-state index contributed by atoms with van der Waals surface area (Å²) in [5, 5.41) is 4.67. The van der Waals surface area contributed by atoms with Gasteiger partial charge in [0.05, 0.1) is 0 Å². The Morgan fingerprint density at radius 3 is 2.38 bits per heavy atom. The predicted molar refractivity (Wildman–Crippen MR) is 87.7 cm³/mol. The van der Waals surface area contributed by atoms with Crippen molar-refractivity contribution in [3.05, 3.63) is 69.5 Å². The van der Waals surface area contributed by atoms with Crippen LogP contribution in [-0.4, -0.2) is 12.6 Å². The van der Waals surface area contributed by atoms with E-state index in [1.165, 1.54) is 17.7 Å². The quantitative estimate of drug-likeness (QED) is 0.796. The summed E-state index contributed by atoms with van der Waals surface area (Å²) in [6.45, 7) is 2.94. The van der Waals surface area contributed by atoms with Gasteiger partial charge in [-0.1, -0.05) is 48.3 Å². The SMILES string of the molecule is CCNC(Cc1ccc(Cl)cc1)Cc1ccc(F)cc1Cl. The Kier molecular flexibility index (Phi) is 6.04. The molecule has 0 fully saturated rings. The van der Waals surface area contributed by atoms with Gasteiger partial charge >= 0.3 is 0 Å². The number of hydrogen-bond donors (Lipinski definition) is 1. The van der Waals surface area contributed by atoms with Gasteiger partial charge in [0.15, 0.2) is 0 Å². The summed E-state index contributed by atoms with van der Waals surface area (Å²) in [4.78, 5) is 0. The van der Waals surface area contributed by atoms with Crippen molar-refractivity contribution in [2.24, 2.45) is 0 Å². The van der Waals surface area contributed by atoms with Crippen LogP contribution in [0.25, 0.3) is 0 Å². The highest BCUT2D eigenvalue weighted by atomic mass is 35.5. The molecule has 0 heterocycles. The van der Waals surface area contributed by atoms with Gasteiger partial charge in [0, 0.05) is 16.1 Å². The van der Waals surface area contributed by atoms with E-state index >= 15 is 0 Å². The molecule has 0 saturated carbocycles. The van der Waals surface area contributed by atoms with Crippen LogP contribution in [0.15, 0.2) is 42.5 Å². The largest absolute Gasteiger partial charge is 0.314 e. The number of rotatable bonds is 6. The summed E-state index contributed by atoms with van der Waals surface area (Å²) in [5.41, 5.74) is 2.17. The first kappa shape index (κ1) is 16.3. The van der Waals surface area contributed by atoms with Gasteiger partial charge < -0.3 is 5.32 Å². The molecule has 0 radical (unpaired) electrons. The Bertz CT molecular complexity index is 584. The summed E-state index contributed by atoms with van der Waals surface area (Å²) in [7, 11) is 0. The van der Waals surface area contributed by atoms with Crippen molar-refractivity contribution in [1.82, 2.24) is 5.32 Å². The molecule has 0 aromatic heterocycles. The first-order valence-electron chi connectivity index (χ1n) is 7.00. The van der Waals surface area contributed by atoms with E-state index in [2.05, 4.69) is 12.2 Å². The molecular weight excluding hydrogens is 308 g/mol. The van der Waals surface area contributed by atoms with Crippen molar-refractivity contribution in [1.29, 1.82) is 0 Å². The molecule has 0 aliphatic rings. The van der Waals surface area contributed by atoms with Crippen LogP contribution in [-0.2, 0) is 12.8 Å². The average molecular weight is 326 g/mol. The molecule has 0 saturated heterocycles. The first-order valence-corrected chi connectivity index (χ1v) is 7.76. The van der Waals surface area contributed by atoms with E-state index in [0.717, 1.165) is 30.0 Å². The van der Waals surface area contributed by atoms with Crippen LogP contribution < -0.4 is 5.32 Å². The van der Waals surface area contributed by atoms with Crippen LogP contribution in [0.1, 0.15) is 18.1 Å². The maximum absolute atomic E-state index is 13.1. The molecule has 1 unspecified atom stereocenters. The van der Waals surface area contributed by atoms with Crippen LogP contribution in [0.2, 0.25) is 10.0 Å². The first-order chi connectivity index (χ1) is 10.1. The third-order valence-electron chi connectivity index (χ3n) is 3.37. The van der Waals surface area contributed by atoms with Gasteiger partial charge in [-0.25, -0.2) is 4.39 Å². The molecule has 4 heteroatoms. The van der Waals surface area contributed by atoms with Gasteiger partial charge in [-0.05, 0) is 54.8 Å². The molecule has 2 aromatic rings. The lowest BCUT2D eigenvalue weighted by atomic mass is 9.99. The molecule has 0 aliphatic carbocycles. The third-order valence-corrected chi connectivity index (χ3v) is 3.97. The van der Waals surface area contributed by atoms with E-state index in [0.29, 0.717) is 5.02 Å². The van der Waals surface area contributed by atoms with E-state index in [-0.39, 0.29) is 11.9 Å². The van der Waals surface area contributed by atoms with Crippen molar-refractivity contribution in [3.8, 4) is 0 Å². The molecule has 0 amide bonds. The molecule has 0 bridgehead atoms. The summed E-state index contributed by atoms with van der Waals surface area (Å²) in [5.74, 6) is -0.304. The maximum atomic E-state index is 13.1. The normalized spacial score (nSPS) is 12.4. The second kappa shape index (κ2) is 7.79. The fraction of sp³-hybridized carbons (Fsp3) is 0.294. The monoisotopic (exact) mass is 325 g/mol. The Morgan fingerprint density at radius 1 is 1.05 bits per heavy atom. The molecule has 112 valence electrons. The van der Waals surface area contributed by atoms with Gasteiger partial charge in [0.1, 0.15) is 5.82 Å². The molecular formula is C17H18Cl2FN. The van der Waals surface area contributed by atoms with E-state index in [9.17, 15) is 4.39 Å². The van der Waals surface area contributed by atoms with Gasteiger partial charge in [-0.2, -0.15) is 0 Å². The molecule has 0 aliphatic heterocycles. The summed E-state index contributed by atoms with van der Waals surface area (Å²) < 4.78 is 13.1. The topological polar surface area (TPSA) is 12.0 Å². The number of nitrogens with one attached hydrogen (secondary N) is 1. The number of hydrogen-bond acceptors (Lipinski definition) is 1. The second-order valence-electron chi connectivity index (χ2n) is 5.03. The van der Waals surface area contributed by atoms with E-state index in [1.54, 1.807) is 6.07 Å². The van der Waals surface area contributed by atoms with Crippen LogP contribution in [0.3, 0.4) is 0 Å². The van der Waals surface area contributed by atoms with E-state index in [4.69, 9.17) is 23.2 Å². The summed E-state index contributed by atoms with van der Waals surface area (Å²) >= 11 is 12.0. The number of halogens is 3. The summed E-state index contributed by atoms with van der Waals surface area (Å²) in [6, 6.07) is 12.7. The Labute approximate surface area is 135 Å². The van der Waals surface area contributed by atoms with Crippen LogP contribution in [0.5, 0.6) is 0 Å². The van der Waals surface area contributed by atoms with Crippen LogP contribution in [0.4, 0.5) is 4.39 Å². The highest BCUT2D eigenvalue weighted by Gasteiger charge is 2.12. The molecule has 1 atom stereocenters. The zero-order chi connectivity index (χ0) is 15.2. The standard InChI is InChI=1S/C17H18Cl2FN/c1-2-21-16(9-12-3-6-14(18)7-4-12)10-13-5-8-15(20)11-17(13)19/h3-8,11,16,21H,2,9-10H2,1H3. The van der Waals surface area contributed by atoms with Gasteiger partial charge in [0.2, 0.25) is 0 Å². The average Bonchev–Trinajstić information content (AvgIpc) is 2.44.